The molecule has 1 aromatic rings. The molecular weight excluding hydrogens is 422 g/mol. The Labute approximate surface area is 204 Å². The summed E-state index contributed by atoms with van der Waals surface area (Å²) in [5, 5.41) is 0. The molecule has 0 aromatic heterocycles. The maximum Gasteiger partial charge on any atom is 0.255 e. The number of rotatable bonds is 4. The van der Waals surface area contributed by atoms with Crippen LogP contribution in [0.15, 0.2) is 35.9 Å². The topological polar surface area (TPSA) is 43.9 Å². The van der Waals surface area contributed by atoms with Crippen LogP contribution in [-0.2, 0) is 11.3 Å². The molecule has 0 saturated carbocycles. The lowest BCUT2D eigenvalue weighted by Crippen LogP contribution is -2.62. The highest BCUT2D eigenvalue weighted by Crippen LogP contribution is 2.45. The van der Waals surface area contributed by atoms with E-state index in [1.165, 1.54) is 37.8 Å². The zero-order chi connectivity index (χ0) is 23.4. The molecule has 0 N–H and O–H groups in total. The third-order valence-electron chi connectivity index (χ3n) is 9.15. The molecule has 0 unspecified atom stereocenters. The lowest BCUT2D eigenvalue weighted by atomic mass is 9.68. The summed E-state index contributed by atoms with van der Waals surface area (Å²) >= 11 is 0. The molecule has 2 bridgehead atoms. The molecule has 6 rings (SSSR count). The summed E-state index contributed by atoms with van der Waals surface area (Å²) in [5.41, 5.74) is 3.34. The van der Waals surface area contributed by atoms with Gasteiger partial charge >= 0.3 is 0 Å². The van der Waals surface area contributed by atoms with Gasteiger partial charge in [0.1, 0.15) is 6.04 Å². The smallest absolute Gasteiger partial charge is 0.255 e. The van der Waals surface area contributed by atoms with E-state index in [1.54, 1.807) is 0 Å². The predicted octanol–water partition coefficient (Wildman–Crippen LogP) is 4.48. The van der Waals surface area contributed by atoms with Gasteiger partial charge in [-0.25, -0.2) is 0 Å². The normalized spacial score (nSPS) is 31.6. The number of carbonyl (C=O) groups excluding carboxylic acids is 2. The molecule has 182 valence electrons. The van der Waals surface area contributed by atoms with Gasteiger partial charge in [-0.05, 0) is 74.5 Å². The van der Waals surface area contributed by atoms with E-state index in [4.69, 9.17) is 0 Å². The molecule has 3 saturated heterocycles. The first-order valence-corrected chi connectivity index (χ1v) is 13.6. The molecule has 5 atom stereocenters. The summed E-state index contributed by atoms with van der Waals surface area (Å²) in [7, 11) is 0. The number of nitrogens with zero attached hydrogens (tertiary/aromatic N) is 3. The van der Waals surface area contributed by atoms with Crippen LogP contribution in [-0.4, -0.2) is 64.3 Å². The van der Waals surface area contributed by atoms with E-state index in [0.29, 0.717) is 24.3 Å². The highest BCUT2D eigenvalue weighted by molar-refractivity contribution is 6.01. The first-order valence-electron chi connectivity index (χ1n) is 13.6. The Morgan fingerprint density at radius 2 is 1.97 bits per heavy atom. The van der Waals surface area contributed by atoms with Crippen molar-refractivity contribution < 1.29 is 9.59 Å². The molecule has 2 amide bonds. The summed E-state index contributed by atoms with van der Waals surface area (Å²) in [4.78, 5) is 34.5. The maximum atomic E-state index is 14.3. The van der Waals surface area contributed by atoms with E-state index in [9.17, 15) is 9.59 Å². The van der Waals surface area contributed by atoms with E-state index < -0.39 is 0 Å². The standard InChI is InChI=1S/C29H39N3O2/c1-19(2)14-26(32-18-21-8-3-4-10-24(21)28(32)33)29(34)31-13-7-9-20-15-22-16-23(27(20)31)17-30-12-6-5-11-25(22)30/h3-4,8,10,15,19,22-23,25-27H,5-7,9,11-14,16-18H2,1-2H3/t22-,23+,25-,26-,27+/m0/s1. The largest absolute Gasteiger partial charge is 0.334 e. The molecule has 5 nitrogen and oxygen atoms in total. The van der Waals surface area contributed by atoms with E-state index >= 15 is 0 Å². The van der Waals surface area contributed by atoms with Gasteiger partial charge in [0.25, 0.3) is 5.91 Å². The van der Waals surface area contributed by atoms with Crippen molar-refractivity contribution in [2.24, 2.45) is 17.8 Å². The van der Waals surface area contributed by atoms with Crippen LogP contribution in [0.2, 0.25) is 0 Å². The molecule has 1 aliphatic carbocycles. The Kier molecular flexibility index (Phi) is 5.79. The number of amides is 2. The molecule has 5 heteroatoms. The molecule has 0 spiro atoms. The molecule has 4 heterocycles. The van der Waals surface area contributed by atoms with Gasteiger partial charge in [-0.15, -0.1) is 0 Å². The minimum Gasteiger partial charge on any atom is -0.334 e. The van der Waals surface area contributed by atoms with E-state index in [1.807, 2.05) is 29.2 Å². The highest BCUT2D eigenvalue weighted by Gasteiger charge is 2.48. The number of hydrogen-bond donors (Lipinski definition) is 0. The second-order valence-corrected chi connectivity index (χ2v) is 11.8. The van der Waals surface area contributed by atoms with Gasteiger partial charge in [0.2, 0.25) is 5.91 Å². The lowest BCUT2D eigenvalue weighted by Gasteiger charge is -2.55. The zero-order valence-corrected chi connectivity index (χ0v) is 20.8. The van der Waals surface area contributed by atoms with E-state index in [2.05, 4.69) is 29.7 Å². The monoisotopic (exact) mass is 461 g/mol. The summed E-state index contributed by atoms with van der Waals surface area (Å²) in [6.07, 6.45) is 10.7. The number of benzene rings is 1. The summed E-state index contributed by atoms with van der Waals surface area (Å²) in [5.74, 6) is 1.77. The third kappa shape index (κ3) is 3.71. The Balaban J connectivity index is 1.29. The van der Waals surface area contributed by atoms with Gasteiger partial charge in [0.05, 0.1) is 6.04 Å². The van der Waals surface area contributed by atoms with Crippen molar-refractivity contribution in [1.82, 2.24) is 14.7 Å². The predicted molar refractivity (Wildman–Crippen MR) is 133 cm³/mol. The second kappa shape index (κ2) is 8.82. The van der Waals surface area contributed by atoms with Crippen LogP contribution in [0.1, 0.15) is 74.7 Å². The van der Waals surface area contributed by atoms with Crippen LogP contribution in [0, 0.1) is 17.8 Å². The molecule has 1 aromatic carbocycles. The number of hydrogen-bond acceptors (Lipinski definition) is 3. The number of fused-ring (bicyclic) bond motifs is 7. The van der Waals surface area contributed by atoms with Crippen LogP contribution in [0.4, 0.5) is 0 Å². The number of carbonyl (C=O) groups is 2. The summed E-state index contributed by atoms with van der Waals surface area (Å²) < 4.78 is 0. The van der Waals surface area contributed by atoms with Crippen molar-refractivity contribution in [3.63, 3.8) is 0 Å². The van der Waals surface area contributed by atoms with Crippen LogP contribution < -0.4 is 0 Å². The highest BCUT2D eigenvalue weighted by atomic mass is 16.2. The van der Waals surface area contributed by atoms with Crippen molar-refractivity contribution in [2.75, 3.05) is 19.6 Å². The quantitative estimate of drug-likeness (QED) is 0.621. The summed E-state index contributed by atoms with van der Waals surface area (Å²) in [6, 6.07) is 8.44. The molecule has 4 aliphatic heterocycles. The fourth-order valence-corrected chi connectivity index (χ4v) is 7.75. The minimum absolute atomic E-state index is 0.0277. The van der Waals surface area contributed by atoms with Gasteiger partial charge in [-0.3, -0.25) is 14.5 Å². The molecule has 34 heavy (non-hydrogen) atoms. The Bertz CT molecular complexity index is 1000. The Hall–Kier alpha value is -2.14. The minimum atomic E-state index is -0.372. The number of piperidine rings is 3. The van der Waals surface area contributed by atoms with Crippen molar-refractivity contribution in [2.45, 2.75) is 83.5 Å². The molecular formula is C29H39N3O2. The van der Waals surface area contributed by atoms with Crippen molar-refractivity contribution >= 4 is 11.8 Å². The fourth-order valence-electron chi connectivity index (χ4n) is 7.75. The van der Waals surface area contributed by atoms with Crippen molar-refractivity contribution in [3.05, 3.63) is 47.0 Å². The third-order valence-corrected chi connectivity index (χ3v) is 9.15. The first kappa shape index (κ1) is 22.3. The van der Waals surface area contributed by atoms with Gasteiger partial charge in [0.15, 0.2) is 0 Å². The van der Waals surface area contributed by atoms with Crippen LogP contribution >= 0.6 is 0 Å². The molecule has 5 aliphatic rings. The van der Waals surface area contributed by atoms with Gasteiger partial charge in [-0.2, -0.15) is 0 Å². The van der Waals surface area contributed by atoms with E-state index in [-0.39, 0.29) is 23.9 Å². The fraction of sp³-hybridized carbons (Fsp3) is 0.655. The first-order chi connectivity index (χ1) is 16.5. The van der Waals surface area contributed by atoms with Crippen molar-refractivity contribution in [1.29, 1.82) is 0 Å². The van der Waals surface area contributed by atoms with Crippen LogP contribution in [0.3, 0.4) is 0 Å². The van der Waals surface area contributed by atoms with E-state index in [0.717, 1.165) is 49.5 Å². The van der Waals surface area contributed by atoms with Crippen LogP contribution in [0.25, 0.3) is 0 Å². The second-order valence-electron chi connectivity index (χ2n) is 11.8. The van der Waals surface area contributed by atoms with Crippen molar-refractivity contribution in [3.8, 4) is 0 Å². The zero-order valence-electron chi connectivity index (χ0n) is 20.8. The van der Waals surface area contributed by atoms with Gasteiger partial charge < -0.3 is 9.80 Å². The van der Waals surface area contributed by atoms with Gasteiger partial charge in [0, 0.05) is 31.2 Å². The average molecular weight is 462 g/mol. The maximum absolute atomic E-state index is 14.3. The lowest BCUT2D eigenvalue weighted by molar-refractivity contribution is -0.142. The number of likely N-dealkylation sites (tertiary alicyclic amines) is 1. The Morgan fingerprint density at radius 1 is 1.12 bits per heavy atom. The average Bonchev–Trinajstić information content (AvgIpc) is 3.18. The Morgan fingerprint density at radius 3 is 2.79 bits per heavy atom. The van der Waals surface area contributed by atoms with Gasteiger partial charge in [-0.1, -0.05) is 50.1 Å². The van der Waals surface area contributed by atoms with Crippen LogP contribution in [0.5, 0.6) is 0 Å². The summed E-state index contributed by atoms with van der Waals surface area (Å²) in [6.45, 7) is 8.07. The molecule has 0 radical (unpaired) electrons. The SMILES string of the molecule is CC(C)C[C@@H](C(=O)N1CCCC2=C[C@H]3C[C@H](CN4CCCC[C@@H]34)[C@@H]21)N1Cc2ccccc2C1=O. The molecule has 3 fully saturated rings.